The summed E-state index contributed by atoms with van der Waals surface area (Å²) in [4.78, 5) is 15.4. The van der Waals surface area contributed by atoms with E-state index in [1.54, 1.807) is 0 Å². The van der Waals surface area contributed by atoms with Crippen LogP contribution in [-0.4, -0.2) is 29.8 Å². The maximum Gasteiger partial charge on any atom is 0.434 e. The molecule has 0 aromatic carbocycles. The van der Waals surface area contributed by atoms with Crippen molar-refractivity contribution in [1.29, 1.82) is 0 Å². The fourth-order valence-corrected chi connectivity index (χ4v) is 3.14. The summed E-state index contributed by atoms with van der Waals surface area (Å²) in [5, 5.41) is 6.04. The summed E-state index contributed by atoms with van der Waals surface area (Å²) in [6.07, 6.45) is -2.80. The van der Waals surface area contributed by atoms with Crippen LogP contribution in [0.1, 0.15) is 25.0 Å². The molecule has 0 N–H and O–H groups in total. The Morgan fingerprint density at radius 1 is 1.33 bits per heavy atom. The van der Waals surface area contributed by atoms with Crippen LogP contribution >= 0.6 is 11.3 Å². The Kier molecular flexibility index (Phi) is 3.70. The first kappa shape index (κ1) is 14.5. The predicted octanol–water partition coefficient (Wildman–Crippen LogP) is 2.68. The van der Waals surface area contributed by atoms with Gasteiger partial charge in [-0.05, 0) is 12.8 Å². The van der Waals surface area contributed by atoms with Crippen LogP contribution in [-0.2, 0) is 15.7 Å². The smallest absolute Gasteiger partial charge is 0.381 e. The Hall–Kier alpha value is -1.48. The molecule has 2 aliphatic rings. The number of hydrogen-bond donors (Lipinski definition) is 0. The maximum absolute atomic E-state index is 12.5. The van der Waals surface area contributed by atoms with Gasteiger partial charge in [-0.2, -0.15) is 23.3 Å². The number of hydrazone groups is 1. The van der Waals surface area contributed by atoms with E-state index in [9.17, 15) is 18.0 Å². The standard InChI is InChI=1S/C12H12F3N3O2S/c13-12(14,15)9-6-21-11(16-9)18-10(19)5-8(17-18)7-1-3-20-4-2-7/h6-7H,1-5H2. The number of aromatic nitrogens is 1. The second-order valence-corrected chi connectivity index (χ2v) is 5.71. The number of ether oxygens (including phenoxy) is 1. The van der Waals surface area contributed by atoms with Gasteiger partial charge in [0.2, 0.25) is 5.13 Å². The highest BCUT2D eigenvalue weighted by Gasteiger charge is 2.37. The average molecular weight is 319 g/mol. The number of nitrogens with zero attached hydrogens (tertiary/aromatic N) is 3. The highest BCUT2D eigenvalue weighted by atomic mass is 32.1. The van der Waals surface area contributed by atoms with Gasteiger partial charge in [0.25, 0.3) is 5.91 Å². The molecule has 21 heavy (non-hydrogen) atoms. The van der Waals surface area contributed by atoms with Gasteiger partial charge >= 0.3 is 6.18 Å². The van der Waals surface area contributed by atoms with Crippen LogP contribution in [0.5, 0.6) is 0 Å². The van der Waals surface area contributed by atoms with E-state index in [0.29, 0.717) is 18.9 Å². The normalized spacial score (nSPS) is 21.0. The molecule has 3 heterocycles. The van der Waals surface area contributed by atoms with Crippen LogP contribution in [0.2, 0.25) is 0 Å². The predicted molar refractivity (Wildman–Crippen MR) is 70.2 cm³/mol. The van der Waals surface area contributed by atoms with Crippen molar-refractivity contribution < 1.29 is 22.7 Å². The molecule has 114 valence electrons. The van der Waals surface area contributed by atoms with Crippen molar-refractivity contribution >= 4 is 28.1 Å². The van der Waals surface area contributed by atoms with E-state index in [1.807, 2.05) is 0 Å². The van der Waals surface area contributed by atoms with Crippen molar-refractivity contribution in [2.75, 3.05) is 18.2 Å². The van der Waals surface area contributed by atoms with Gasteiger partial charge in [0.15, 0.2) is 5.69 Å². The third-order valence-electron chi connectivity index (χ3n) is 3.45. The lowest BCUT2D eigenvalue weighted by Crippen LogP contribution is -2.23. The number of thiazole rings is 1. The van der Waals surface area contributed by atoms with Crippen LogP contribution in [0.15, 0.2) is 10.5 Å². The maximum atomic E-state index is 12.5. The van der Waals surface area contributed by atoms with E-state index in [4.69, 9.17) is 4.74 Å². The molecule has 0 spiro atoms. The number of alkyl halides is 3. The summed E-state index contributed by atoms with van der Waals surface area (Å²) >= 11 is 0.768. The van der Waals surface area contributed by atoms with Gasteiger partial charge in [-0.1, -0.05) is 0 Å². The first-order chi connectivity index (χ1) is 9.95. The molecule has 0 atom stereocenters. The summed E-state index contributed by atoms with van der Waals surface area (Å²) in [5.74, 6) is -0.172. The molecule has 0 radical (unpaired) electrons. The Labute approximate surface area is 122 Å². The molecule has 5 nitrogen and oxygen atoms in total. The zero-order valence-electron chi connectivity index (χ0n) is 10.9. The summed E-state index contributed by atoms with van der Waals surface area (Å²) < 4.78 is 42.9. The number of anilines is 1. The van der Waals surface area contributed by atoms with Crippen LogP contribution in [0.25, 0.3) is 0 Å². The molecular formula is C12H12F3N3O2S. The molecule has 9 heteroatoms. The lowest BCUT2D eigenvalue weighted by Gasteiger charge is -2.20. The number of carbonyl (C=O) groups excluding carboxylic acids is 1. The minimum Gasteiger partial charge on any atom is -0.381 e. The third-order valence-corrected chi connectivity index (χ3v) is 4.27. The average Bonchev–Trinajstić information content (AvgIpc) is 3.05. The topological polar surface area (TPSA) is 54.8 Å². The second-order valence-electron chi connectivity index (χ2n) is 4.87. The van der Waals surface area contributed by atoms with Crippen LogP contribution < -0.4 is 5.01 Å². The first-order valence-corrected chi connectivity index (χ1v) is 7.34. The summed E-state index contributed by atoms with van der Waals surface area (Å²) in [7, 11) is 0. The van der Waals surface area contributed by atoms with Crippen LogP contribution in [0.3, 0.4) is 0 Å². The third kappa shape index (κ3) is 2.93. The van der Waals surface area contributed by atoms with Crippen molar-refractivity contribution in [2.24, 2.45) is 11.0 Å². The van der Waals surface area contributed by atoms with Gasteiger partial charge in [0.05, 0.1) is 12.1 Å². The Balaban J connectivity index is 1.80. The van der Waals surface area contributed by atoms with E-state index in [1.165, 1.54) is 0 Å². The fraction of sp³-hybridized carbons (Fsp3) is 0.583. The molecule has 0 unspecified atom stereocenters. The molecule has 2 aliphatic heterocycles. The number of amides is 1. The lowest BCUT2D eigenvalue weighted by molar-refractivity contribution is -0.140. The van der Waals surface area contributed by atoms with Crippen molar-refractivity contribution in [3.63, 3.8) is 0 Å². The zero-order valence-corrected chi connectivity index (χ0v) is 11.7. The van der Waals surface area contributed by atoms with Crippen molar-refractivity contribution in [1.82, 2.24) is 4.98 Å². The minimum absolute atomic E-state index is 0.0330. The van der Waals surface area contributed by atoms with Gasteiger partial charge in [-0.3, -0.25) is 4.79 Å². The van der Waals surface area contributed by atoms with E-state index < -0.39 is 11.9 Å². The van der Waals surface area contributed by atoms with Gasteiger partial charge in [0, 0.05) is 24.5 Å². The number of rotatable bonds is 2. The largest absolute Gasteiger partial charge is 0.434 e. The number of halogens is 3. The Morgan fingerprint density at radius 2 is 2.05 bits per heavy atom. The van der Waals surface area contributed by atoms with Crippen LogP contribution in [0.4, 0.5) is 18.3 Å². The van der Waals surface area contributed by atoms with Gasteiger partial charge in [-0.15, -0.1) is 11.3 Å². The zero-order chi connectivity index (χ0) is 15.0. The molecule has 1 aromatic rings. The molecule has 0 aliphatic carbocycles. The van der Waals surface area contributed by atoms with E-state index in [2.05, 4.69) is 10.1 Å². The molecule has 3 rings (SSSR count). The molecule has 0 bridgehead atoms. The first-order valence-electron chi connectivity index (χ1n) is 6.46. The van der Waals surface area contributed by atoms with Crippen molar-refractivity contribution in [3.05, 3.63) is 11.1 Å². The SMILES string of the molecule is O=C1CC(C2CCOCC2)=NN1c1nc(C(F)(F)F)cs1. The molecular weight excluding hydrogens is 307 g/mol. The number of carbonyl (C=O) groups is 1. The van der Waals surface area contributed by atoms with Crippen molar-refractivity contribution in [2.45, 2.75) is 25.4 Å². The quantitative estimate of drug-likeness (QED) is 0.842. The van der Waals surface area contributed by atoms with E-state index in [0.717, 1.165) is 34.6 Å². The van der Waals surface area contributed by atoms with Gasteiger partial charge in [-0.25, -0.2) is 4.98 Å². The molecule has 1 amide bonds. The highest BCUT2D eigenvalue weighted by Crippen LogP contribution is 2.35. The minimum atomic E-state index is -4.51. The molecule has 0 saturated carbocycles. The Bertz CT molecular complexity index is 579. The second kappa shape index (κ2) is 5.38. The Morgan fingerprint density at radius 3 is 2.67 bits per heavy atom. The lowest BCUT2D eigenvalue weighted by atomic mass is 9.93. The fourth-order valence-electron chi connectivity index (χ4n) is 2.35. The van der Waals surface area contributed by atoms with E-state index >= 15 is 0 Å². The van der Waals surface area contributed by atoms with Crippen molar-refractivity contribution in [3.8, 4) is 0 Å². The van der Waals surface area contributed by atoms with Gasteiger partial charge < -0.3 is 4.74 Å². The monoisotopic (exact) mass is 319 g/mol. The summed E-state index contributed by atoms with van der Waals surface area (Å²) in [6.45, 7) is 1.24. The van der Waals surface area contributed by atoms with E-state index in [-0.39, 0.29) is 23.4 Å². The molecule has 1 fully saturated rings. The number of hydrogen-bond acceptors (Lipinski definition) is 5. The summed E-state index contributed by atoms with van der Waals surface area (Å²) in [5.41, 5.74) is -0.280. The van der Waals surface area contributed by atoms with Crippen LogP contribution in [0, 0.1) is 5.92 Å². The molecule has 1 saturated heterocycles. The van der Waals surface area contributed by atoms with Gasteiger partial charge in [0.1, 0.15) is 0 Å². The molecule has 1 aromatic heterocycles. The highest BCUT2D eigenvalue weighted by molar-refractivity contribution is 7.14. The summed E-state index contributed by atoms with van der Waals surface area (Å²) in [6, 6.07) is 0.